The molecule has 1 aliphatic carbocycles. The lowest BCUT2D eigenvalue weighted by molar-refractivity contribution is -0.125. The minimum absolute atomic E-state index is 0. The Hall–Kier alpha value is -1.59. The highest BCUT2D eigenvalue weighted by atomic mass is 35.5. The second-order valence-electron chi connectivity index (χ2n) is 5.54. The van der Waals surface area contributed by atoms with Crippen molar-refractivity contribution >= 4 is 24.2 Å². The average Bonchev–Trinajstić information content (AvgIpc) is 2.92. The van der Waals surface area contributed by atoms with Gasteiger partial charge >= 0.3 is 0 Å². The Morgan fingerprint density at radius 1 is 1.18 bits per heavy atom. The summed E-state index contributed by atoms with van der Waals surface area (Å²) >= 11 is 0. The zero-order valence-electron chi connectivity index (χ0n) is 12.8. The Kier molecular flexibility index (Phi) is 7.35. The van der Waals surface area contributed by atoms with E-state index in [0.717, 1.165) is 24.8 Å². The maximum Gasteiger partial charge on any atom is 0.251 e. The summed E-state index contributed by atoms with van der Waals surface area (Å²) < 4.78 is 0. The van der Waals surface area contributed by atoms with Crippen LogP contribution in [0, 0.1) is 5.92 Å². The van der Waals surface area contributed by atoms with Gasteiger partial charge in [-0.2, -0.15) is 0 Å². The van der Waals surface area contributed by atoms with Crippen molar-refractivity contribution in [2.75, 3.05) is 6.54 Å². The van der Waals surface area contributed by atoms with E-state index < -0.39 is 0 Å². The Bertz CT molecular complexity index is 505. The summed E-state index contributed by atoms with van der Waals surface area (Å²) in [6, 6.07) is 7.45. The molecule has 0 bridgehead atoms. The van der Waals surface area contributed by atoms with Crippen LogP contribution in [0.3, 0.4) is 0 Å². The SMILES string of the molecule is CCNC(=O)c1ccc(CNC(=O)C2CCC(N)C2)cc1.Cl. The molecule has 4 N–H and O–H groups in total. The zero-order valence-corrected chi connectivity index (χ0v) is 13.6. The average molecular weight is 326 g/mol. The first-order valence-electron chi connectivity index (χ1n) is 7.50. The summed E-state index contributed by atoms with van der Waals surface area (Å²) in [7, 11) is 0. The zero-order chi connectivity index (χ0) is 15.2. The number of carbonyl (C=O) groups is 2. The lowest BCUT2D eigenvalue weighted by atomic mass is 10.1. The van der Waals surface area contributed by atoms with Crippen LogP contribution >= 0.6 is 12.4 Å². The minimum atomic E-state index is -0.0759. The molecule has 122 valence electrons. The van der Waals surface area contributed by atoms with Crippen molar-refractivity contribution < 1.29 is 9.59 Å². The first-order chi connectivity index (χ1) is 10.1. The predicted molar refractivity (Wildman–Crippen MR) is 88.9 cm³/mol. The van der Waals surface area contributed by atoms with Crippen LogP contribution in [0.1, 0.15) is 42.1 Å². The van der Waals surface area contributed by atoms with E-state index in [1.54, 1.807) is 12.1 Å². The lowest BCUT2D eigenvalue weighted by Crippen LogP contribution is -2.30. The lowest BCUT2D eigenvalue weighted by Gasteiger charge is -2.11. The molecule has 0 aliphatic heterocycles. The molecule has 2 unspecified atom stereocenters. The number of rotatable bonds is 5. The first-order valence-corrected chi connectivity index (χ1v) is 7.50. The number of carbonyl (C=O) groups excluding carboxylic acids is 2. The number of halogens is 1. The van der Waals surface area contributed by atoms with Crippen molar-refractivity contribution in [2.45, 2.75) is 38.8 Å². The van der Waals surface area contributed by atoms with Gasteiger partial charge in [-0.1, -0.05) is 12.1 Å². The summed E-state index contributed by atoms with van der Waals surface area (Å²) in [6.45, 7) is 2.98. The van der Waals surface area contributed by atoms with Crippen molar-refractivity contribution in [3.05, 3.63) is 35.4 Å². The third-order valence-corrected chi connectivity index (χ3v) is 3.86. The van der Waals surface area contributed by atoms with Crippen molar-refractivity contribution in [1.82, 2.24) is 10.6 Å². The summed E-state index contributed by atoms with van der Waals surface area (Å²) in [5.41, 5.74) is 7.44. The summed E-state index contributed by atoms with van der Waals surface area (Å²) in [5.74, 6) is 0.0541. The third-order valence-electron chi connectivity index (χ3n) is 3.86. The molecule has 0 heterocycles. The van der Waals surface area contributed by atoms with Gasteiger partial charge in [-0.25, -0.2) is 0 Å². The highest BCUT2D eigenvalue weighted by Crippen LogP contribution is 2.24. The van der Waals surface area contributed by atoms with Gasteiger partial charge < -0.3 is 16.4 Å². The van der Waals surface area contributed by atoms with Crippen molar-refractivity contribution in [3.63, 3.8) is 0 Å². The normalized spacial score (nSPS) is 20.1. The van der Waals surface area contributed by atoms with Crippen LogP contribution in [0.5, 0.6) is 0 Å². The number of hydrogen-bond donors (Lipinski definition) is 3. The number of nitrogens with two attached hydrogens (primary N) is 1. The van der Waals surface area contributed by atoms with E-state index in [2.05, 4.69) is 10.6 Å². The molecule has 1 aromatic carbocycles. The fourth-order valence-electron chi connectivity index (χ4n) is 2.62. The standard InChI is InChI=1S/C16H23N3O2.ClH/c1-2-18-15(20)12-5-3-11(4-6-12)10-19-16(21)13-7-8-14(17)9-13;/h3-6,13-14H,2,7-10,17H2,1H3,(H,18,20)(H,19,21);1H. The highest BCUT2D eigenvalue weighted by Gasteiger charge is 2.27. The van der Waals surface area contributed by atoms with E-state index in [1.165, 1.54) is 0 Å². The number of hydrogen-bond acceptors (Lipinski definition) is 3. The molecule has 0 aromatic heterocycles. The van der Waals surface area contributed by atoms with Crippen LogP contribution in [0.2, 0.25) is 0 Å². The van der Waals surface area contributed by atoms with Gasteiger partial charge in [0.2, 0.25) is 5.91 Å². The fraction of sp³-hybridized carbons (Fsp3) is 0.500. The minimum Gasteiger partial charge on any atom is -0.352 e. The van der Waals surface area contributed by atoms with E-state index in [-0.39, 0.29) is 36.2 Å². The molecular weight excluding hydrogens is 302 g/mol. The largest absolute Gasteiger partial charge is 0.352 e. The van der Waals surface area contributed by atoms with Gasteiger partial charge in [-0.15, -0.1) is 12.4 Å². The fourth-order valence-corrected chi connectivity index (χ4v) is 2.62. The number of amides is 2. The molecule has 5 nitrogen and oxygen atoms in total. The molecule has 0 saturated heterocycles. The molecular formula is C16H24ClN3O2. The summed E-state index contributed by atoms with van der Waals surface area (Å²) in [6.07, 6.45) is 2.59. The predicted octanol–water partition coefficient (Wildman–Crippen LogP) is 1.60. The molecule has 0 spiro atoms. The van der Waals surface area contributed by atoms with Crippen LogP contribution in [0.4, 0.5) is 0 Å². The third kappa shape index (κ3) is 5.00. The van der Waals surface area contributed by atoms with Crippen molar-refractivity contribution in [3.8, 4) is 0 Å². The van der Waals surface area contributed by atoms with Gasteiger partial charge in [0.05, 0.1) is 0 Å². The van der Waals surface area contributed by atoms with Crippen LogP contribution in [0.25, 0.3) is 0 Å². The van der Waals surface area contributed by atoms with Crippen LogP contribution < -0.4 is 16.4 Å². The quantitative estimate of drug-likeness (QED) is 0.769. The summed E-state index contributed by atoms with van der Waals surface area (Å²) in [4.78, 5) is 23.6. The van der Waals surface area contributed by atoms with Gasteiger partial charge in [0.1, 0.15) is 0 Å². The number of benzene rings is 1. The molecule has 2 rings (SSSR count). The Morgan fingerprint density at radius 2 is 1.86 bits per heavy atom. The van der Waals surface area contributed by atoms with E-state index >= 15 is 0 Å². The highest BCUT2D eigenvalue weighted by molar-refractivity contribution is 5.94. The molecule has 22 heavy (non-hydrogen) atoms. The molecule has 1 saturated carbocycles. The molecule has 2 atom stereocenters. The maximum absolute atomic E-state index is 12.0. The van der Waals surface area contributed by atoms with E-state index in [1.807, 2.05) is 19.1 Å². The second kappa shape index (κ2) is 8.76. The van der Waals surface area contributed by atoms with Gasteiger partial charge in [0.25, 0.3) is 5.91 Å². The van der Waals surface area contributed by atoms with Gasteiger partial charge in [0, 0.05) is 30.6 Å². The molecule has 6 heteroatoms. The van der Waals surface area contributed by atoms with Crippen LogP contribution in [0.15, 0.2) is 24.3 Å². The molecule has 1 aromatic rings. The maximum atomic E-state index is 12.0. The van der Waals surface area contributed by atoms with E-state index in [0.29, 0.717) is 18.7 Å². The van der Waals surface area contributed by atoms with Gasteiger partial charge in [-0.3, -0.25) is 9.59 Å². The molecule has 1 aliphatic rings. The van der Waals surface area contributed by atoms with E-state index in [4.69, 9.17) is 5.73 Å². The Balaban J connectivity index is 0.00000242. The van der Waals surface area contributed by atoms with Crippen molar-refractivity contribution in [1.29, 1.82) is 0 Å². The Morgan fingerprint density at radius 3 is 2.41 bits per heavy atom. The van der Waals surface area contributed by atoms with Crippen LogP contribution in [-0.2, 0) is 11.3 Å². The van der Waals surface area contributed by atoms with Crippen molar-refractivity contribution in [2.24, 2.45) is 11.7 Å². The smallest absolute Gasteiger partial charge is 0.251 e. The van der Waals surface area contributed by atoms with E-state index in [9.17, 15) is 9.59 Å². The second-order valence-corrected chi connectivity index (χ2v) is 5.54. The number of nitrogens with one attached hydrogen (secondary N) is 2. The topological polar surface area (TPSA) is 84.2 Å². The Labute approximate surface area is 137 Å². The summed E-state index contributed by atoms with van der Waals surface area (Å²) in [5, 5.41) is 5.69. The monoisotopic (exact) mass is 325 g/mol. The molecule has 2 amide bonds. The molecule has 0 radical (unpaired) electrons. The molecule has 1 fully saturated rings. The van der Waals surface area contributed by atoms with Gasteiger partial charge in [0.15, 0.2) is 0 Å². The van der Waals surface area contributed by atoms with Crippen LogP contribution in [-0.4, -0.2) is 24.4 Å². The first kappa shape index (κ1) is 18.5. The van der Waals surface area contributed by atoms with Gasteiger partial charge in [-0.05, 0) is 43.9 Å².